The number of nitrogens with zero attached hydrogens (tertiary/aromatic N) is 4. The lowest BCUT2D eigenvalue weighted by atomic mass is 9.92. The highest BCUT2D eigenvalue weighted by molar-refractivity contribution is 6.03. The van der Waals surface area contributed by atoms with Crippen LogP contribution in [0.4, 0.5) is 14.6 Å². The summed E-state index contributed by atoms with van der Waals surface area (Å²) in [5.41, 5.74) is 1.41. The molecule has 10 heteroatoms. The van der Waals surface area contributed by atoms with Gasteiger partial charge in [-0.2, -0.15) is 9.97 Å². The van der Waals surface area contributed by atoms with Gasteiger partial charge in [-0.05, 0) is 91.1 Å². The standard InChI is InChI=1S/C37H41F2N5O3/c1-2-27-31(38)10-3-21-13-24(45)14-30(32(21)27)28-8-9-29-34(33(28)39)41-36(42-35(29)44-15-22-4-5-23(16-44)40-22)46-20-37(11-12-37)19-43-17-25-6-7-26(18-43)47-25/h3,8-10,13-14,22-23,25-26,40,45H,2,4-7,11-12,15-20H2,1H3. The molecule has 5 fully saturated rings. The van der Waals surface area contributed by atoms with Crippen molar-refractivity contribution in [2.24, 2.45) is 5.41 Å². The number of phenols is 1. The average Bonchev–Trinajstić information content (AvgIpc) is 3.63. The zero-order valence-corrected chi connectivity index (χ0v) is 26.8. The van der Waals surface area contributed by atoms with Gasteiger partial charge in [0.15, 0.2) is 5.82 Å². The minimum Gasteiger partial charge on any atom is -0.508 e. The van der Waals surface area contributed by atoms with Crippen molar-refractivity contribution in [2.45, 2.75) is 76.2 Å². The fraction of sp³-hybridized carbons (Fsp3) is 0.514. The summed E-state index contributed by atoms with van der Waals surface area (Å²) in [4.78, 5) is 14.5. The number of piperazine rings is 1. The summed E-state index contributed by atoms with van der Waals surface area (Å²) in [6, 6.07) is 10.7. The van der Waals surface area contributed by atoms with Gasteiger partial charge in [0.1, 0.15) is 22.9 Å². The van der Waals surface area contributed by atoms with E-state index in [2.05, 4.69) is 15.1 Å². The number of rotatable bonds is 8. The van der Waals surface area contributed by atoms with Crippen molar-refractivity contribution in [3.63, 3.8) is 0 Å². The number of hydrogen-bond acceptors (Lipinski definition) is 8. The van der Waals surface area contributed by atoms with Gasteiger partial charge in [0.25, 0.3) is 0 Å². The van der Waals surface area contributed by atoms with Gasteiger partial charge in [-0.15, -0.1) is 0 Å². The zero-order chi connectivity index (χ0) is 31.9. The third-order valence-corrected chi connectivity index (χ3v) is 11.2. The Kier molecular flexibility index (Phi) is 7.06. The predicted molar refractivity (Wildman–Crippen MR) is 177 cm³/mol. The molecule has 1 saturated carbocycles. The maximum Gasteiger partial charge on any atom is 0.319 e. The van der Waals surface area contributed by atoms with Gasteiger partial charge in [-0.1, -0.05) is 19.1 Å². The summed E-state index contributed by atoms with van der Waals surface area (Å²) < 4.78 is 44.4. The van der Waals surface area contributed by atoms with Gasteiger partial charge in [-0.3, -0.25) is 4.90 Å². The van der Waals surface area contributed by atoms with Crippen LogP contribution in [0.25, 0.3) is 32.8 Å². The number of aryl methyl sites for hydroxylation is 1. The Balaban J connectivity index is 1.11. The molecule has 4 aliphatic heterocycles. The molecule has 5 aliphatic rings. The Hall–Kier alpha value is -3.60. The quantitative estimate of drug-likeness (QED) is 0.244. The van der Waals surface area contributed by atoms with E-state index in [0.717, 1.165) is 71.2 Å². The van der Waals surface area contributed by atoms with E-state index in [4.69, 9.17) is 19.4 Å². The minimum absolute atomic E-state index is 0.00708. The molecular weight excluding hydrogens is 600 g/mol. The fourth-order valence-corrected chi connectivity index (χ4v) is 8.71. The van der Waals surface area contributed by atoms with Gasteiger partial charge in [-0.25, -0.2) is 8.78 Å². The van der Waals surface area contributed by atoms with Crippen molar-refractivity contribution in [1.82, 2.24) is 20.2 Å². The second-order valence-corrected chi connectivity index (χ2v) is 14.6. The number of fused-ring (bicyclic) bond motifs is 6. The third-order valence-electron chi connectivity index (χ3n) is 11.2. The molecular formula is C37H41F2N5O3. The Morgan fingerprint density at radius 3 is 2.45 bits per heavy atom. The van der Waals surface area contributed by atoms with Gasteiger partial charge in [0.2, 0.25) is 0 Å². The molecule has 4 atom stereocenters. The van der Waals surface area contributed by atoms with Crippen LogP contribution >= 0.6 is 0 Å². The Morgan fingerprint density at radius 2 is 1.72 bits per heavy atom. The van der Waals surface area contributed by atoms with Crippen molar-refractivity contribution >= 4 is 27.5 Å². The topological polar surface area (TPSA) is 83.0 Å². The Morgan fingerprint density at radius 1 is 0.957 bits per heavy atom. The lowest BCUT2D eigenvalue weighted by Gasteiger charge is -2.35. The number of halogens is 2. The van der Waals surface area contributed by atoms with Crippen LogP contribution in [-0.2, 0) is 11.2 Å². The van der Waals surface area contributed by atoms with Crippen LogP contribution < -0.4 is 15.0 Å². The first kappa shape index (κ1) is 29.5. The van der Waals surface area contributed by atoms with Crippen molar-refractivity contribution in [1.29, 1.82) is 0 Å². The van der Waals surface area contributed by atoms with Crippen LogP contribution in [0.1, 0.15) is 51.0 Å². The zero-order valence-electron chi connectivity index (χ0n) is 26.8. The largest absolute Gasteiger partial charge is 0.508 e. The maximum atomic E-state index is 16.9. The van der Waals surface area contributed by atoms with E-state index >= 15 is 8.78 Å². The Bertz CT molecular complexity index is 1860. The van der Waals surface area contributed by atoms with Gasteiger partial charge >= 0.3 is 6.01 Å². The molecule has 5 heterocycles. The van der Waals surface area contributed by atoms with Crippen LogP contribution in [-0.4, -0.2) is 83.6 Å². The highest BCUT2D eigenvalue weighted by atomic mass is 19.1. The Labute approximate surface area is 273 Å². The summed E-state index contributed by atoms with van der Waals surface area (Å²) in [6.45, 7) is 6.84. The summed E-state index contributed by atoms with van der Waals surface area (Å²) >= 11 is 0. The number of benzene rings is 3. The summed E-state index contributed by atoms with van der Waals surface area (Å²) in [6.07, 6.45) is 7.80. The molecule has 0 spiro atoms. The van der Waals surface area contributed by atoms with E-state index in [9.17, 15) is 5.11 Å². The van der Waals surface area contributed by atoms with Crippen LogP contribution in [0.5, 0.6) is 11.8 Å². The maximum absolute atomic E-state index is 16.9. The van der Waals surface area contributed by atoms with Crippen LogP contribution in [0.15, 0.2) is 36.4 Å². The third kappa shape index (κ3) is 5.29. The summed E-state index contributed by atoms with van der Waals surface area (Å²) in [5, 5.41) is 16.2. The average molecular weight is 642 g/mol. The molecule has 9 rings (SSSR count). The molecule has 1 aliphatic carbocycles. The van der Waals surface area contributed by atoms with Crippen LogP contribution in [0, 0.1) is 17.0 Å². The molecule has 4 aromatic rings. The highest BCUT2D eigenvalue weighted by Crippen LogP contribution is 2.48. The molecule has 4 bridgehead atoms. The van der Waals surface area contributed by atoms with Crippen LogP contribution in [0.2, 0.25) is 0 Å². The first-order valence-electron chi connectivity index (χ1n) is 17.3. The number of anilines is 1. The van der Waals surface area contributed by atoms with Gasteiger partial charge < -0.3 is 24.8 Å². The first-order valence-corrected chi connectivity index (χ1v) is 17.3. The van der Waals surface area contributed by atoms with Gasteiger partial charge in [0, 0.05) is 61.2 Å². The second-order valence-electron chi connectivity index (χ2n) is 14.6. The van der Waals surface area contributed by atoms with E-state index in [1.54, 1.807) is 18.2 Å². The van der Waals surface area contributed by atoms with Crippen molar-refractivity contribution in [3.05, 3.63) is 53.6 Å². The number of aromatic nitrogens is 2. The number of nitrogens with one attached hydrogen (secondary N) is 1. The number of morpholine rings is 1. The lowest BCUT2D eigenvalue weighted by molar-refractivity contribution is -0.0460. The lowest BCUT2D eigenvalue weighted by Crippen LogP contribution is -2.51. The van der Waals surface area contributed by atoms with Crippen molar-refractivity contribution in [3.8, 4) is 22.9 Å². The molecule has 0 radical (unpaired) electrons. The molecule has 0 amide bonds. The van der Waals surface area contributed by atoms with Crippen LogP contribution in [0.3, 0.4) is 0 Å². The molecule has 8 nitrogen and oxygen atoms in total. The molecule has 246 valence electrons. The highest BCUT2D eigenvalue weighted by Gasteiger charge is 2.47. The molecule has 2 N–H and O–H groups in total. The van der Waals surface area contributed by atoms with E-state index in [0.29, 0.717) is 70.4 Å². The summed E-state index contributed by atoms with van der Waals surface area (Å²) in [7, 11) is 0. The fourth-order valence-electron chi connectivity index (χ4n) is 8.71. The van der Waals surface area contributed by atoms with Crippen molar-refractivity contribution in [2.75, 3.05) is 44.2 Å². The molecule has 4 saturated heterocycles. The monoisotopic (exact) mass is 641 g/mol. The minimum atomic E-state index is -0.530. The van der Waals surface area contributed by atoms with E-state index in [1.165, 1.54) is 12.1 Å². The van der Waals surface area contributed by atoms with E-state index in [1.807, 2.05) is 13.0 Å². The number of ether oxygens (including phenoxy) is 2. The van der Waals surface area contributed by atoms with Gasteiger partial charge in [0.05, 0.1) is 18.8 Å². The molecule has 4 unspecified atom stereocenters. The number of likely N-dealkylation sites (tertiary alicyclic amines) is 1. The predicted octanol–water partition coefficient (Wildman–Crippen LogP) is 5.96. The summed E-state index contributed by atoms with van der Waals surface area (Å²) in [5.74, 6) is -0.199. The molecule has 3 aromatic carbocycles. The number of phenolic OH excluding ortho intramolecular Hbond substituents is 1. The number of aromatic hydroxyl groups is 1. The molecule has 1 aromatic heterocycles. The van der Waals surface area contributed by atoms with E-state index in [-0.39, 0.29) is 34.1 Å². The normalized spacial score (nSPS) is 26.4. The smallest absolute Gasteiger partial charge is 0.319 e. The number of hydrogen-bond donors (Lipinski definition) is 2. The van der Waals surface area contributed by atoms with Crippen molar-refractivity contribution < 1.29 is 23.4 Å². The molecule has 47 heavy (non-hydrogen) atoms. The van der Waals surface area contributed by atoms with E-state index < -0.39 is 5.82 Å². The first-order chi connectivity index (χ1) is 22.8. The second kappa shape index (κ2) is 11.2. The SMILES string of the molecule is CCc1c(F)ccc2cc(O)cc(-c3ccc4c(N5CC6CCC(C5)N6)nc(OCC5(CN6CC7CCC(C6)O7)CC5)nc4c3F)c12.